The number of rotatable bonds is 1. The molecule has 14 heavy (non-hydrogen) atoms. The summed E-state index contributed by atoms with van der Waals surface area (Å²) in [4.78, 5) is 0. The Balaban J connectivity index is 2.17. The molecule has 0 aromatic carbocycles. The Hall–Kier alpha value is 0. The third-order valence-electron chi connectivity index (χ3n) is 3.63. The number of hydrogen-bond acceptors (Lipinski definition) is 0. The van der Waals surface area contributed by atoms with E-state index in [9.17, 15) is 0 Å². The maximum absolute atomic E-state index is 4.08. The van der Waals surface area contributed by atoms with Gasteiger partial charge in [-0.2, -0.15) is 0 Å². The Morgan fingerprint density at radius 3 is 1.36 bits per heavy atom. The molecule has 0 aromatic heterocycles. The second kappa shape index (κ2) is 8.32. The standard InChI is InChI=1S/C14H27/c1-2-14-12-10-8-6-4-3-5-7-9-11-13-14/h14H,1-13H2. The van der Waals surface area contributed by atoms with E-state index in [1.54, 1.807) is 0 Å². The largest absolute Gasteiger partial charge is 0.0533 e. The molecule has 0 heteroatoms. The summed E-state index contributed by atoms with van der Waals surface area (Å²) in [6.07, 6.45) is 17.3. The first kappa shape index (κ1) is 12.1. The molecule has 0 amide bonds. The van der Waals surface area contributed by atoms with Gasteiger partial charge in [0.1, 0.15) is 0 Å². The fraction of sp³-hybridized carbons (Fsp3) is 0.929. The highest BCUT2D eigenvalue weighted by molar-refractivity contribution is 4.62. The van der Waals surface area contributed by atoms with Crippen LogP contribution in [0.2, 0.25) is 0 Å². The predicted octanol–water partition coefficient (Wildman–Crippen LogP) is 5.13. The summed E-state index contributed by atoms with van der Waals surface area (Å²) < 4.78 is 0. The van der Waals surface area contributed by atoms with Crippen molar-refractivity contribution in [2.45, 2.75) is 77.0 Å². The van der Waals surface area contributed by atoms with Gasteiger partial charge in [0, 0.05) is 0 Å². The van der Waals surface area contributed by atoms with Crippen molar-refractivity contribution in [1.82, 2.24) is 0 Å². The normalized spacial score (nSPS) is 23.8. The molecule has 1 fully saturated rings. The zero-order valence-corrected chi connectivity index (χ0v) is 9.77. The Bertz CT molecular complexity index is 105. The topological polar surface area (TPSA) is 0 Å². The molecule has 1 saturated carbocycles. The molecule has 1 rings (SSSR count). The molecule has 0 saturated heterocycles. The molecule has 0 spiro atoms. The summed E-state index contributed by atoms with van der Waals surface area (Å²) in [5.41, 5.74) is 0. The maximum Gasteiger partial charge on any atom is -0.0414 e. The van der Waals surface area contributed by atoms with Gasteiger partial charge in [0.05, 0.1) is 0 Å². The average molecular weight is 195 g/mol. The van der Waals surface area contributed by atoms with E-state index < -0.39 is 0 Å². The Kier molecular flexibility index (Phi) is 7.17. The van der Waals surface area contributed by atoms with Crippen LogP contribution >= 0.6 is 0 Å². The van der Waals surface area contributed by atoms with Gasteiger partial charge in [-0.15, -0.1) is 0 Å². The van der Waals surface area contributed by atoms with Crippen LogP contribution in [0.5, 0.6) is 0 Å². The first-order valence-electron chi connectivity index (χ1n) is 6.72. The molecule has 83 valence electrons. The van der Waals surface area contributed by atoms with Crippen LogP contribution in [0.25, 0.3) is 0 Å². The van der Waals surface area contributed by atoms with Gasteiger partial charge in [-0.25, -0.2) is 0 Å². The van der Waals surface area contributed by atoms with Crippen LogP contribution < -0.4 is 0 Å². The molecule has 0 aliphatic heterocycles. The Morgan fingerprint density at radius 2 is 1.00 bits per heavy atom. The van der Waals surface area contributed by atoms with E-state index in [2.05, 4.69) is 6.92 Å². The van der Waals surface area contributed by atoms with Crippen LogP contribution in [0.4, 0.5) is 0 Å². The highest BCUT2D eigenvalue weighted by Crippen LogP contribution is 2.22. The van der Waals surface area contributed by atoms with E-state index in [0.29, 0.717) is 0 Å². The molecule has 0 nitrogen and oxygen atoms in total. The van der Waals surface area contributed by atoms with Crippen LogP contribution in [-0.4, -0.2) is 0 Å². The van der Waals surface area contributed by atoms with E-state index in [1.165, 1.54) is 77.0 Å². The minimum Gasteiger partial charge on any atom is -0.0533 e. The van der Waals surface area contributed by atoms with Crippen LogP contribution in [0, 0.1) is 12.8 Å². The lowest BCUT2D eigenvalue weighted by Gasteiger charge is -2.15. The molecule has 0 unspecified atom stereocenters. The van der Waals surface area contributed by atoms with Crippen LogP contribution in [0.3, 0.4) is 0 Å². The lowest BCUT2D eigenvalue weighted by atomic mass is 9.91. The van der Waals surface area contributed by atoms with E-state index in [1.807, 2.05) is 0 Å². The molecule has 0 heterocycles. The first-order valence-corrected chi connectivity index (χ1v) is 6.72. The van der Waals surface area contributed by atoms with Crippen molar-refractivity contribution in [3.8, 4) is 0 Å². The highest BCUT2D eigenvalue weighted by atomic mass is 14.1. The van der Waals surface area contributed by atoms with Crippen molar-refractivity contribution in [3.63, 3.8) is 0 Å². The van der Waals surface area contributed by atoms with E-state index in [-0.39, 0.29) is 0 Å². The molecule has 0 N–H and O–H groups in total. The van der Waals surface area contributed by atoms with Crippen molar-refractivity contribution >= 4 is 0 Å². The molecule has 1 aliphatic rings. The Morgan fingerprint density at radius 1 is 0.643 bits per heavy atom. The molecule has 0 bridgehead atoms. The zero-order valence-electron chi connectivity index (χ0n) is 9.77. The van der Waals surface area contributed by atoms with Crippen molar-refractivity contribution in [1.29, 1.82) is 0 Å². The van der Waals surface area contributed by atoms with Gasteiger partial charge in [0.2, 0.25) is 0 Å². The number of hydrogen-bond donors (Lipinski definition) is 0. The molecule has 1 radical (unpaired) electrons. The summed E-state index contributed by atoms with van der Waals surface area (Å²) in [7, 11) is 0. The van der Waals surface area contributed by atoms with Crippen molar-refractivity contribution in [3.05, 3.63) is 6.92 Å². The molecular formula is C14H27. The first-order chi connectivity index (χ1) is 6.93. The highest BCUT2D eigenvalue weighted by Gasteiger charge is 2.06. The van der Waals surface area contributed by atoms with E-state index in [0.717, 1.165) is 5.92 Å². The predicted molar refractivity (Wildman–Crippen MR) is 64.3 cm³/mol. The zero-order chi connectivity index (χ0) is 10.1. The monoisotopic (exact) mass is 195 g/mol. The summed E-state index contributed by atoms with van der Waals surface area (Å²) >= 11 is 0. The van der Waals surface area contributed by atoms with Crippen LogP contribution in [-0.2, 0) is 0 Å². The van der Waals surface area contributed by atoms with Gasteiger partial charge in [-0.1, -0.05) is 84.0 Å². The lowest BCUT2D eigenvalue weighted by Crippen LogP contribution is -2.00. The van der Waals surface area contributed by atoms with Gasteiger partial charge in [0.25, 0.3) is 0 Å². The lowest BCUT2D eigenvalue weighted by molar-refractivity contribution is 0.396. The Labute approximate surface area is 90.5 Å². The minimum atomic E-state index is 0.939. The minimum absolute atomic E-state index is 0.939. The summed E-state index contributed by atoms with van der Waals surface area (Å²) in [6, 6.07) is 0. The average Bonchev–Trinajstić information content (AvgIpc) is 2.19. The second-order valence-electron chi connectivity index (χ2n) is 4.91. The van der Waals surface area contributed by atoms with Gasteiger partial charge in [-0.3, -0.25) is 0 Å². The molecular weight excluding hydrogens is 168 g/mol. The quantitative estimate of drug-likeness (QED) is 0.544. The van der Waals surface area contributed by atoms with Crippen LogP contribution in [0.15, 0.2) is 0 Å². The molecule has 1 aliphatic carbocycles. The summed E-state index contributed by atoms with van der Waals surface area (Å²) in [5.74, 6) is 0.939. The van der Waals surface area contributed by atoms with Crippen LogP contribution in [0.1, 0.15) is 77.0 Å². The van der Waals surface area contributed by atoms with E-state index >= 15 is 0 Å². The van der Waals surface area contributed by atoms with Gasteiger partial charge in [-0.05, 0) is 5.92 Å². The smallest absolute Gasteiger partial charge is 0.0414 e. The van der Waals surface area contributed by atoms with Gasteiger partial charge in [0.15, 0.2) is 0 Å². The fourth-order valence-electron chi connectivity index (χ4n) is 2.54. The van der Waals surface area contributed by atoms with Gasteiger partial charge < -0.3 is 0 Å². The maximum atomic E-state index is 4.08. The summed E-state index contributed by atoms with van der Waals surface area (Å²) in [6.45, 7) is 4.08. The van der Waals surface area contributed by atoms with E-state index in [4.69, 9.17) is 0 Å². The third-order valence-corrected chi connectivity index (χ3v) is 3.63. The van der Waals surface area contributed by atoms with Gasteiger partial charge >= 0.3 is 0 Å². The van der Waals surface area contributed by atoms with Crippen molar-refractivity contribution in [2.75, 3.05) is 0 Å². The second-order valence-corrected chi connectivity index (χ2v) is 4.91. The SMILES string of the molecule is [CH2]CC1CCCCCCCCCCC1. The fourth-order valence-corrected chi connectivity index (χ4v) is 2.54. The molecule has 0 aromatic rings. The van der Waals surface area contributed by atoms with Crippen molar-refractivity contribution in [2.24, 2.45) is 5.92 Å². The molecule has 0 atom stereocenters. The summed E-state index contributed by atoms with van der Waals surface area (Å²) in [5, 5.41) is 0. The van der Waals surface area contributed by atoms with Crippen molar-refractivity contribution < 1.29 is 0 Å². The third kappa shape index (κ3) is 5.67.